The first kappa shape index (κ1) is 13.4. The molecule has 0 amide bonds. The van der Waals surface area contributed by atoms with E-state index in [1.165, 1.54) is 7.11 Å². The number of hydrogen-bond acceptors (Lipinski definition) is 3. The second-order valence-electron chi connectivity index (χ2n) is 3.72. The van der Waals surface area contributed by atoms with Crippen molar-refractivity contribution in [3.05, 3.63) is 23.8 Å². The van der Waals surface area contributed by atoms with Crippen molar-refractivity contribution in [3.8, 4) is 23.8 Å². The van der Waals surface area contributed by atoms with Crippen molar-refractivity contribution in [2.75, 3.05) is 13.7 Å². The summed E-state index contributed by atoms with van der Waals surface area (Å²) < 4.78 is 10.5. The van der Waals surface area contributed by atoms with Crippen molar-refractivity contribution in [1.82, 2.24) is 0 Å². The van der Waals surface area contributed by atoms with Crippen LogP contribution >= 0.6 is 0 Å². The maximum absolute atomic E-state index is 9.42. The first-order valence-corrected chi connectivity index (χ1v) is 5.65. The number of hydrogen-bond donors (Lipinski definition) is 1. The molecule has 0 radical (unpaired) electrons. The Morgan fingerprint density at radius 3 is 2.88 bits per heavy atom. The first-order valence-electron chi connectivity index (χ1n) is 5.65. The molecule has 0 unspecified atom stereocenters. The lowest BCUT2D eigenvalue weighted by Crippen LogP contribution is -1.96. The van der Waals surface area contributed by atoms with E-state index in [0.29, 0.717) is 19.0 Å². The highest BCUT2D eigenvalue weighted by Crippen LogP contribution is 2.26. The van der Waals surface area contributed by atoms with Crippen LogP contribution in [0.4, 0.5) is 0 Å². The average Bonchev–Trinajstić information content (AvgIpc) is 2.35. The number of phenols is 1. The predicted molar refractivity (Wildman–Crippen MR) is 67.0 cm³/mol. The van der Waals surface area contributed by atoms with Crippen LogP contribution in [0.2, 0.25) is 0 Å². The summed E-state index contributed by atoms with van der Waals surface area (Å²) in [5.41, 5.74) is 0.983. The normalized spacial score (nSPS) is 9.88. The van der Waals surface area contributed by atoms with Gasteiger partial charge in [0.2, 0.25) is 0 Å². The second-order valence-corrected chi connectivity index (χ2v) is 3.72. The number of benzene rings is 1. The van der Waals surface area contributed by atoms with E-state index < -0.39 is 0 Å². The van der Waals surface area contributed by atoms with Crippen LogP contribution in [0.1, 0.15) is 24.8 Å². The smallest absolute Gasteiger partial charge is 0.160 e. The van der Waals surface area contributed by atoms with Crippen LogP contribution in [0, 0.1) is 12.3 Å². The lowest BCUT2D eigenvalue weighted by Gasteiger charge is -2.07. The zero-order valence-corrected chi connectivity index (χ0v) is 10.1. The van der Waals surface area contributed by atoms with E-state index in [9.17, 15) is 5.11 Å². The van der Waals surface area contributed by atoms with E-state index in [1.807, 2.05) is 6.07 Å². The number of methoxy groups -OCH3 is 1. The number of phenolic OH excluding ortho intramolecular Hbond substituents is 1. The van der Waals surface area contributed by atoms with Gasteiger partial charge in [-0.1, -0.05) is 6.07 Å². The zero-order chi connectivity index (χ0) is 12.5. The Bertz CT molecular complexity index is 380. The predicted octanol–water partition coefficient (Wildman–Crippen LogP) is 2.72. The molecule has 0 atom stereocenters. The van der Waals surface area contributed by atoms with E-state index in [2.05, 4.69) is 5.92 Å². The summed E-state index contributed by atoms with van der Waals surface area (Å²) in [4.78, 5) is 0. The molecular formula is C14H18O3. The molecule has 1 rings (SSSR count). The van der Waals surface area contributed by atoms with Crippen molar-refractivity contribution in [3.63, 3.8) is 0 Å². The van der Waals surface area contributed by atoms with E-state index in [1.54, 1.807) is 12.1 Å². The zero-order valence-electron chi connectivity index (χ0n) is 10.1. The standard InChI is InChI=1S/C14H18O3/c1-3-4-5-6-9-17-11-12-7-8-13(15)14(10-12)16-2/h1,7-8,10,15H,4-6,9,11H2,2H3. The highest BCUT2D eigenvalue weighted by molar-refractivity contribution is 5.41. The van der Waals surface area contributed by atoms with Gasteiger partial charge >= 0.3 is 0 Å². The molecule has 3 nitrogen and oxygen atoms in total. The van der Waals surface area contributed by atoms with Crippen LogP contribution in [-0.4, -0.2) is 18.8 Å². The number of aromatic hydroxyl groups is 1. The van der Waals surface area contributed by atoms with Gasteiger partial charge in [-0.05, 0) is 30.5 Å². The minimum absolute atomic E-state index is 0.144. The lowest BCUT2D eigenvalue weighted by atomic mass is 10.2. The molecule has 0 saturated carbocycles. The molecule has 0 aromatic heterocycles. The van der Waals surface area contributed by atoms with Crippen LogP contribution < -0.4 is 4.74 Å². The molecule has 1 N–H and O–H groups in total. The Morgan fingerprint density at radius 2 is 2.18 bits per heavy atom. The largest absolute Gasteiger partial charge is 0.504 e. The third-order valence-electron chi connectivity index (χ3n) is 2.37. The summed E-state index contributed by atoms with van der Waals surface area (Å²) in [5, 5.41) is 9.42. The van der Waals surface area contributed by atoms with Crippen molar-refractivity contribution < 1.29 is 14.6 Å². The molecule has 3 heteroatoms. The molecule has 92 valence electrons. The second kappa shape index (κ2) is 7.59. The van der Waals surface area contributed by atoms with Gasteiger partial charge in [-0.15, -0.1) is 12.3 Å². The lowest BCUT2D eigenvalue weighted by molar-refractivity contribution is 0.117. The van der Waals surface area contributed by atoms with Gasteiger partial charge < -0.3 is 14.6 Å². The molecule has 0 bridgehead atoms. The molecule has 0 spiro atoms. The molecule has 17 heavy (non-hydrogen) atoms. The van der Waals surface area contributed by atoms with Crippen LogP contribution in [0.3, 0.4) is 0 Å². The van der Waals surface area contributed by atoms with Crippen molar-refractivity contribution >= 4 is 0 Å². The summed E-state index contributed by atoms with van der Waals surface area (Å²) in [6.45, 7) is 1.22. The Hall–Kier alpha value is -1.66. The van der Waals surface area contributed by atoms with Gasteiger partial charge in [0.1, 0.15) is 0 Å². The third-order valence-corrected chi connectivity index (χ3v) is 2.37. The molecule has 0 aliphatic carbocycles. The molecule has 0 aliphatic heterocycles. The van der Waals surface area contributed by atoms with Crippen LogP contribution in [0.25, 0.3) is 0 Å². The summed E-state index contributed by atoms with van der Waals surface area (Å²) in [6, 6.07) is 5.20. The quantitative estimate of drug-likeness (QED) is 0.582. The Balaban J connectivity index is 2.30. The summed E-state index contributed by atoms with van der Waals surface area (Å²) in [5.74, 6) is 3.21. The summed E-state index contributed by atoms with van der Waals surface area (Å²) in [6.07, 6.45) is 7.92. The fourth-order valence-corrected chi connectivity index (χ4v) is 1.43. The first-order chi connectivity index (χ1) is 8.27. The molecular weight excluding hydrogens is 216 g/mol. The Labute approximate surface area is 102 Å². The fraction of sp³-hybridized carbons (Fsp3) is 0.429. The van der Waals surface area contributed by atoms with Crippen molar-refractivity contribution in [1.29, 1.82) is 0 Å². The van der Waals surface area contributed by atoms with Crippen LogP contribution in [0.15, 0.2) is 18.2 Å². The van der Waals surface area contributed by atoms with Crippen molar-refractivity contribution in [2.24, 2.45) is 0 Å². The molecule has 1 aromatic carbocycles. The maximum Gasteiger partial charge on any atom is 0.160 e. The van der Waals surface area contributed by atoms with Gasteiger partial charge in [-0.3, -0.25) is 0 Å². The minimum Gasteiger partial charge on any atom is -0.504 e. The maximum atomic E-state index is 9.42. The van der Waals surface area contributed by atoms with Gasteiger partial charge in [0.15, 0.2) is 11.5 Å². The summed E-state index contributed by atoms with van der Waals surface area (Å²) in [7, 11) is 1.53. The Morgan fingerprint density at radius 1 is 1.35 bits per heavy atom. The van der Waals surface area contributed by atoms with E-state index >= 15 is 0 Å². The van der Waals surface area contributed by atoms with E-state index in [-0.39, 0.29) is 5.75 Å². The van der Waals surface area contributed by atoms with Gasteiger partial charge in [0.25, 0.3) is 0 Å². The molecule has 0 fully saturated rings. The van der Waals surface area contributed by atoms with Crippen LogP contribution in [0.5, 0.6) is 11.5 Å². The number of ether oxygens (including phenoxy) is 2. The minimum atomic E-state index is 0.144. The van der Waals surface area contributed by atoms with E-state index in [0.717, 1.165) is 24.8 Å². The number of unbranched alkanes of at least 4 members (excludes halogenated alkanes) is 2. The van der Waals surface area contributed by atoms with Gasteiger partial charge in [0.05, 0.1) is 13.7 Å². The van der Waals surface area contributed by atoms with E-state index in [4.69, 9.17) is 15.9 Å². The average molecular weight is 234 g/mol. The monoisotopic (exact) mass is 234 g/mol. The topological polar surface area (TPSA) is 38.7 Å². The van der Waals surface area contributed by atoms with Gasteiger partial charge in [-0.25, -0.2) is 0 Å². The highest BCUT2D eigenvalue weighted by Gasteiger charge is 2.02. The molecule has 0 aliphatic rings. The van der Waals surface area contributed by atoms with Gasteiger partial charge in [-0.2, -0.15) is 0 Å². The number of rotatable bonds is 7. The SMILES string of the molecule is C#CCCCCOCc1ccc(O)c(OC)c1. The Kier molecular flexibility index (Phi) is 5.98. The molecule has 0 heterocycles. The number of terminal acetylenes is 1. The van der Waals surface area contributed by atoms with Crippen LogP contribution in [-0.2, 0) is 11.3 Å². The fourth-order valence-electron chi connectivity index (χ4n) is 1.43. The van der Waals surface area contributed by atoms with Crippen molar-refractivity contribution in [2.45, 2.75) is 25.9 Å². The molecule has 0 saturated heterocycles. The van der Waals surface area contributed by atoms with Gasteiger partial charge in [0, 0.05) is 13.0 Å². The summed E-state index contributed by atoms with van der Waals surface area (Å²) >= 11 is 0. The highest BCUT2D eigenvalue weighted by atomic mass is 16.5. The third kappa shape index (κ3) is 4.80. The molecule has 1 aromatic rings.